The summed E-state index contributed by atoms with van der Waals surface area (Å²) in [5, 5.41) is 13.3. The zero-order chi connectivity index (χ0) is 18.4. The lowest BCUT2D eigenvalue weighted by atomic mass is 10.3. The van der Waals surface area contributed by atoms with Crippen LogP contribution >= 0.6 is 22.7 Å². The number of hydrogen-bond donors (Lipinski definition) is 2. The molecule has 3 rings (SSSR count). The third-order valence-electron chi connectivity index (χ3n) is 3.29. The number of nitrogens with one attached hydrogen (secondary N) is 2. The first-order chi connectivity index (χ1) is 12.6. The zero-order valence-electron chi connectivity index (χ0n) is 13.5. The molecule has 8 nitrogen and oxygen atoms in total. The van der Waals surface area contributed by atoms with Gasteiger partial charge in [-0.1, -0.05) is 6.07 Å². The Bertz CT molecular complexity index is 949. The van der Waals surface area contributed by atoms with Crippen molar-refractivity contribution in [2.45, 2.75) is 13.0 Å². The second kappa shape index (κ2) is 8.50. The van der Waals surface area contributed by atoms with E-state index in [1.807, 2.05) is 5.38 Å². The molecule has 0 spiro atoms. The summed E-state index contributed by atoms with van der Waals surface area (Å²) in [7, 11) is 0. The van der Waals surface area contributed by atoms with Crippen LogP contribution < -0.4 is 16.2 Å². The molecule has 10 heteroatoms. The average Bonchev–Trinajstić information content (AvgIpc) is 3.29. The molecule has 0 saturated heterocycles. The summed E-state index contributed by atoms with van der Waals surface area (Å²) < 4.78 is 1.28. The number of rotatable bonds is 7. The highest BCUT2D eigenvalue weighted by molar-refractivity contribution is 7.14. The van der Waals surface area contributed by atoms with Crippen molar-refractivity contribution < 1.29 is 9.59 Å². The summed E-state index contributed by atoms with van der Waals surface area (Å²) in [6.45, 7) is 0.590. The number of amides is 2. The largest absolute Gasteiger partial charge is 0.354 e. The predicted molar refractivity (Wildman–Crippen MR) is 99.6 cm³/mol. The number of hydrogen-bond acceptors (Lipinski definition) is 7. The van der Waals surface area contributed by atoms with E-state index in [2.05, 4.69) is 20.7 Å². The number of nitrogens with zero attached hydrogens (tertiary/aromatic N) is 3. The van der Waals surface area contributed by atoms with Gasteiger partial charge >= 0.3 is 0 Å². The molecular formula is C16H15N5O3S2. The number of thiophene rings is 1. The van der Waals surface area contributed by atoms with Gasteiger partial charge in [0.1, 0.15) is 0 Å². The maximum absolute atomic E-state index is 12.0. The first-order valence-corrected chi connectivity index (χ1v) is 9.46. The molecule has 0 aromatic carbocycles. The van der Waals surface area contributed by atoms with Crippen LogP contribution in [0.15, 0.2) is 46.0 Å². The number of thiazole rings is 1. The first kappa shape index (κ1) is 18.0. The highest BCUT2D eigenvalue weighted by atomic mass is 32.1. The smallest absolute Gasteiger partial charge is 0.267 e. The summed E-state index contributed by atoms with van der Waals surface area (Å²) in [5.74, 6) is -0.429. The number of aromatic nitrogens is 3. The van der Waals surface area contributed by atoms with Crippen LogP contribution in [0.4, 0.5) is 5.13 Å². The minimum Gasteiger partial charge on any atom is -0.354 e. The van der Waals surface area contributed by atoms with Gasteiger partial charge in [-0.2, -0.15) is 5.10 Å². The second-order valence-electron chi connectivity index (χ2n) is 5.19. The Kier molecular flexibility index (Phi) is 5.87. The third-order valence-corrected chi connectivity index (χ3v) is 4.97. The predicted octanol–water partition coefficient (Wildman–Crippen LogP) is 1.37. The Morgan fingerprint density at radius 1 is 1.19 bits per heavy atom. The fourth-order valence-electron chi connectivity index (χ4n) is 2.10. The SMILES string of the molecule is O=C(Cc1csc(NC(=O)c2cccs2)n1)NCCn1ncccc1=O. The van der Waals surface area contributed by atoms with Crippen molar-refractivity contribution >= 4 is 39.6 Å². The van der Waals surface area contributed by atoms with E-state index in [1.54, 1.807) is 23.6 Å². The Labute approximate surface area is 156 Å². The van der Waals surface area contributed by atoms with Gasteiger partial charge in [0.15, 0.2) is 5.13 Å². The van der Waals surface area contributed by atoms with E-state index in [1.165, 1.54) is 39.6 Å². The standard InChI is InChI=1S/C16H15N5O3S2/c22-13(17-6-7-21-14(23)4-1-5-18-21)9-11-10-26-16(19-11)20-15(24)12-3-2-8-25-12/h1-5,8,10H,6-7,9H2,(H,17,22)(H,19,20,24). The van der Waals surface area contributed by atoms with Crippen LogP contribution in [-0.2, 0) is 17.8 Å². The van der Waals surface area contributed by atoms with Gasteiger partial charge in [-0.15, -0.1) is 22.7 Å². The molecule has 3 aromatic heterocycles. The molecule has 3 aromatic rings. The number of anilines is 1. The van der Waals surface area contributed by atoms with Crippen LogP contribution in [0.3, 0.4) is 0 Å². The van der Waals surface area contributed by atoms with E-state index in [0.717, 1.165) is 0 Å². The van der Waals surface area contributed by atoms with Gasteiger partial charge in [-0.3, -0.25) is 19.7 Å². The van der Waals surface area contributed by atoms with Crippen molar-refractivity contribution in [3.8, 4) is 0 Å². The Balaban J connectivity index is 1.46. The highest BCUT2D eigenvalue weighted by Gasteiger charge is 2.11. The van der Waals surface area contributed by atoms with E-state index < -0.39 is 0 Å². The molecule has 0 radical (unpaired) electrons. The third kappa shape index (κ3) is 4.83. The Morgan fingerprint density at radius 3 is 2.85 bits per heavy atom. The van der Waals surface area contributed by atoms with E-state index in [4.69, 9.17) is 0 Å². The molecule has 0 fully saturated rings. The number of carbonyl (C=O) groups excluding carboxylic acids is 2. The van der Waals surface area contributed by atoms with Gasteiger partial charge in [-0.25, -0.2) is 9.67 Å². The van der Waals surface area contributed by atoms with E-state index >= 15 is 0 Å². The van der Waals surface area contributed by atoms with Crippen LogP contribution in [-0.4, -0.2) is 33.1 Å². The summed E-state index contributed by atoms with van der Waals surface area (Å²) in [4.78, 5) is 40.3. The van der Waals surface area contributed by atoms with Crippen LogP contribution in [0.1, 0.15) is 15.4 Å². The zero-order valence-corrected chi connectivity index (χ0v) is 15.2. The summed E-state index contributed by atoms with van der Waals surface area (Å²) in [6.07, 6.45) is 1.62. The molecule has 0 bridgehead atoms. The summed E-state index contributed by atoms with van der Waals surface area (Å²) in [5.41, 5.74) is 0.358. The van der Waals surface area contributed by atoms with Crippen LogP contribution in [0.2, 0.25) is 0 Å². The van der Waals surface area contributed by atoms with E-state index in [0.29, 0.717) is 28.8 Å². The average molecular weight is 389 g/mol. The fourth-order valence-corrected chi connectivity index (χ4v) is 3.42. The van der Waals surface area contributed by atoms with Crippen molar-refractivity contribution in [1.82, 2.24) is 20.1 Å². The van der Waals surface area contributed by atoms with Crippen LogP contribution in [0, 0.1) is 0 Å². The van der Waals surface area contributed by atoms with E-state index in [-0.39, 0.29) is 23.8 Å². The minimum absolute atomic E-state index is 0.0997. The molecule has 134 valence electrons. The molecule has 0 atom stereocenters. The summed E-state index contributed by atoms with van der Waals surface area (Å²) in [6, 6.07) is 6.51. The molecule has 2 amide bonds. The molecule has 26 heavy (non-hydrogen) atoms. The maximum Gasteiger partial charge on any atom is 0.267 e. The molecule has 0 aliphatic carbocycles. The van der Waals surface area contributed by atoms with Crippen LogP contribution in [0.5, 0.6) is 0 Å². The fraction of sp³-hybridized carbons (Fsp3) is 0.188. The van der Waals surface area contributed by atoms with Crippen molar-refractivity contribution in [3.05, 3.63) is 62.1 Å². The Morgan fingerprint density at radius 2 is 2.08 bits per heavy atom. The molecule has 0 unspecified atom stereocenters. The molecule has 0 aliphatic rings. The van der Waals surface area contributed by atoms with Crippen molar-refractivity contribution in [3.63, 3.8) is 0 Å². The van der Waals surface area contributed by atoms with Gasteiger partial charge in [0.2, 0.25) is 5.91 Å². The lowest BCUT2D eigenvalue weighted by Crippen LogP contribution is -2.32. The van der Waals surface area contributed by atoms with E-state index in [9.17, 15) is 14.4 Å². The molecule has 0 saturated carbocycles. The maximum atomic E-state index is 12.0. The molecule has 0 aliphatic heterocycles. The van der Waals surface area contributed by atoms with Crippen molar-refractivity contribution in [1.29, 1.82) is 0 Å². The van der Waals surface area contributed by atoms with Gasteiger partial charge in [0.05, 0.1) is 23.5 Å². The highest BCUT2D eigenvalue weighted by Crippen LogP contribution is 2.18. The summed E-state index contributed by atoms with van der Waals surface area (Å²) >= 11 is 2.61. The lowest BCUT2D eigenvalue weighted by Gasteiger charge is -2.05. The molecule has 3 heterocycles. The van der Waals surface area contributed by atoms with Gasteiger partial charge < -0.3 is 5.32 Å². The topological polar surface area (TPSA) is 106 Å². The van der Waals surface area contributed by atoms with Gasteiger partial charge in [-0.05, 0) is 17.5 Å². The minimum atomic E-state index is -0.217. The van der Waals surface area contributed by atoms with Gasteiger partial charge in [0, 0.05) is 24.2 Å². The van der Waals surface area contributed by atoms with Gasteiger partial charge in [0.25, 0.3) is 11.5 Å². The van der Waals surface area contributed by atoms with Crippen molar-refractivity contribution in [2.24, 2.45) is 0 Å². The molecule has 2 N–H and O–H groups in total. The second-order valence-corrected chi connectivity index (χ2v) is 6.99. The first-order valence-electron chi connectivity index (χ1n) is 7.70. The quantitative estimate of drug-likeness (QED) is 0.635. The van der Waals surface area contributed by atoms with Crippen molar-refractivity contribution in [2.75, 3.05) is 11.9 Å². The molecular weight excluding hydrogens is 374 g/mol. The van der Waals surface area contributed by atoms with Crippen LogP contribution in [0.25, 0.3) is 0 Å². The normalized spacial score (nSPS) is 10.5. The monoisotopic (exact) mass is 389 g/mol. The number of carbonyl (C=O) groups is 2. The Hall–Kier alpha value is -2.85. The lowest BCUT2D eigenvalue weighted by molar-refractivity contribution is -0.120.